The second-order valence-electron chi connectivity index (χ2n) is 4.61. The molecule has 1 fully saturated rings. The van der Waals surface area contributed by atoms with Gasteiger partial charge in [-0.25, -0.2) is 0 Å². The van der Waals surface area contributed by atoms with E-state index < -0.39 is 0 Å². The van der Waals surface area contributed by atoms with Crippen LogP contribution in [0.2, 0.25) is 0 Å². The topological polar surface area (TPSA) is 64.8 Å². The van der Waals surface area contributed by atoms with E-state index in [1.54, 1.807) is 6.07 Å². The van der Waals surface area contributed by atoms with Crippen LogP contribution < -0.4 is 15.2 Å². The molecule has 0 bridgehead atoms. The molecule has 96 valence electrons. The Morgan fingerprint density at radius 3 is 2.61 bits per heavy atom. The van der Waals surface area contributed by atoms with Crippen LogP contribution >= 0.6 is 0 Å². The van der Waals surface area contributed by atoms with Crippen LogP contribution in [0, 0.1) is 0 Å². The lowest BCUT2D eigenvalue weighted by Gasteiger charge is -2.22. The first kappa shape index (κ1) is 11.2. The molecule has 0 unspecified atom stereocenters. The standard InChI is InChI=1S/C13H16N2O3/c14-10-7-12-11(17-4-5-18-12)6-9(10)8-15-3-1-2-13(15)16/h6-7H,1-5,8,14H2. The first-order chi connectivity index (χ1) is 8.74. The van der Waals surface area contributed by atoms with E-state index in [1.165, 1.54) is 0 Å². The van der Waals surface area contributed by atoms with Crippen molar-refractivity contribution in [1.29, 1.82) is 0 Å². The summed E-state index contributed by atoms with van der Waals surface area (Å²) in [6.07, 6.45) is 1.58. The molecule has 0 saturated carbocycles. The average molecular weight is 248 g/mol. The molecule has 5 heteroatoms. The van der Waals surface area contributed by atoms with Crippen molar-refractivity contribution in [2.24, 2.45) is 0 Å². The van der Waals surface area contributed by atoms with Crippen molar-refractivity contribution in [2.45, 2.75) is 19.4 Å². The van der Waals surface area contributed by atoms with Gasteiger partial charge in [0.25, 0.3) is 0 Å². The molecule has 18 heavy (non-hydrogen) atoms. The third-order valence-corrected chi connectivity index (χ3v) is 3.34. The van der Waals surface area contributed by atoms with Gasteiger partial charge in [-0.3, -0.25) is 4.79 Å². The second kappa shape index (κ2) is 4.40. The molecule has 0 spiro atoms. The number of benzene rings is 1. The maximum absolute atomic E-state index is 11.6. The molecular weight excluding hydrogens is 232 g/mol. The second-order valence-corrected chi connectivity index (χ2v) is 4.61. The number of rotatable bonds is 2. The minimum absolute atomic E-state index is 0.198. The highest BCUT2D eigenvalue weighted by atomic mass is 16.6. The molecule has 0 atom stereocenters. The van der Waals surface area contributed by atoms with Crippen LogP contribution in [0.1, 0.15) is 18.4 Å². The number of fused-ring (bicyclic) bond motifs is 1. The zero-order valence-corrected chi connectivity index (χ0v) is 10.1. The minimum Gasteiger partial charge on any atom is -0.486 e. The Morgan fingerprint density at radius 1 is 1.22 bits per heavy atom. The number of hydrogen-bond acceptors (Lipinski definition) is 4. The number of hydrogen-bond donors (Lipinski definition) is 1. The van der Waals surface area contributed by atoms with Crippen molar-refractivity contribution in [3.05, 3.63) is 17.7 Å². The minimum atomic E-state index is 0.198. The van der Waals surface area contributed by atoms with Gasteiger partial charge in [0.15, 0.2) is 11.5 Å². The van der Waals surface area contributed by atoms with Crippen molar-refractivity contribution in [2.75, 3.05) is 25.5 Å². The van der Waals surface area contributed by atoms with E-state index in [2.05, 4.69) is 0 Å². The summed E-state index contributed by atoms with van der Waals surface area (Å²) in [6, 6.07) is 3.67. The van der Waals surface area contributed by atoms with Crippen molar-refractivity contribution < 1.29 is 14.3 Å². The number of anilines is 1. The highest BCUT2D eigenvalue weighted by Crippen LogP contribution is 2.35. The summed E-state index contributed by atoms with van der Waals surface area (Å²) in [5, 5.41) is 0. The van der Waals surface area contributed by atoms with E-state index in [0.29, 0.717) is 37.6 Å². The molecule has 1 saturated heterocycles. The van der Waals surface area contributed by atoms with Gasteiger partial charge in [0, 0.05) is 31.3 Å². The van der Waals surface area contributed by atoms with Crippen LogP contribution in [-0.2, 0) is 11.3 Å². The zero-order valence-electron chi connectivity index (χ0n) is 10.1. The third-order valence-electron chi connectivity index (χ3n) is 3.34. The lowest BCUT2D eigenvalue weighted by molar-refractivity contribution is -0.128. The normalized spacial score (nSPS) is 18.2. The Bertz CT molecular complexity index is 487. The molecule has 1 amide bonds. The molecule has 0 aromatic heterocycles. The van der Waals surface area contributed by atoms with E-state index in [9.17, 15) is 4.79 Å². The van der Waals surface area contributed by atoms with Gasteiger partial charge < -0.3 is 20.1 Å². The van der Waals surface area contributed by atoms with E-state index in [0.717, 1.165) is 24.3 Å². The van der Waals surface area contributed by atoms with Crippen LogP contribution in [0.25, 0.3) is 0 Å². The number of carbonyl (C=O) groups is 1. The molecule has 0 radical (unpaired) electrons. The quantitative estimate of drug-likeness (QED) is 0.798. The molecule has 2 aliphatic rings. The van der Waals surface area contributed by atoms with Crippen molar-refractivity contribution in [3.63, 3.8) is 0 Å². The van der Waals surface area contributed by atoms with E-state index in [-0.39, 0.29) is 5.91 Å². The van der Waals surface area contributed by atoms with Gasteiger partial charge in [-0.15, -0.1) is 0 Å². The van der Waals surface area contributed by atoms with Gasteiger partial charge in [-0.2, -0.15) is 0 Å². The van der Waals surface area contributed by atoms with Crippen LogP contribution in [0.4, 0.5) is 5.69 Å². The van der Waals surface area contributed by atoms with Gasteiger partial charge in [0.2, 0.25) is 5.91 Å². The number of carbonyl (C=O) groups excluding carboxylic acids is 1. The largest absolute Gasteiger partial charge is 0.486 e. The summed E-state index contributed by atoms with van der Waals surface area (Å²) in [7, 11) is 0. The smallest absolute Gasteiger partial charge is 0.222 e. The molecule has 1 aromatic rings. The highest BCUT2D eigenvalue weighted by molar-refractivity contribution is 5.78. The Labute approximate surface area is 105 Å². The van der Waals surface area contributed by atoms with E-state index in [4.69, 9.17) is 15.2 Å². The Morgan fingerprint density at radius 2 is 1.94 bits per heavy atom. The first-order valence-electron chi connectivity index (χ1n) is 6.20. The monoisotopic (exact) mass is 248 g/mol. The molecule has 0 aliphatic carbocycles. The Kier molecular flexibility index (Phi) is 2.74. The fourth-order valence-corrected chi connectivity index (χ4v) is 2.36. The molecule has 2 N–H and O–H groups in total. The number of amides is 1. The van der Waals surface area contributed by atoms with E-state index >= 15 is 0 Å². The summed E-state index contributed by atoms with van der Waals surface area (Å²) in [6.45, 7) is 2.48. The zero-order chi connectivity index (χ0) is 12.5. The molecular formula is C13H16N2O3. The van der Waals surface area contributed by atoms with Crippen LogP contribution in [0.15, 0.2) is 12.1 Å². The van der Waals surface area contributed by atoms with E-state index in [1.807, 2.05) is 11.0 Å². The summed E-state index contributed by atoms with van der Waals surface area (Å²) in [5.74, 6) is 1.61. The maximum Gasteiger partial charge on any atom is 0.222 e. The van der Waals surface area contributed by atoms with Crippen LogP contribution in [0.5, 0.6) is 11.5 Å². The molecule has 2 aliphatic heterocycles. The summed E-state index contributed by atoms with van der Waals surface area (Å²) in [5.41, 5.74) is 7.57. The van der Waals surface area contributed by atoms with Crippen molar-refractivity contribution in [1.82, 2.24) is 4.90 Å². The number of likely N-dealkylation sites (tertiary alicyclic amines) is 1. The van der Waals surface area contributed by atoms with Gasteiger partial charge in [-0.05, 0) is 18.1 Å². The van der Waals surface area contributed by atoms with Crippen LogP contribution in [0.3, 0.4) is 0 Å². The lowest BCUT2D eigenvalue weighted by atomic mass is 10.1. The van der Waals surface area contributed by atoms with Crippen molar-refractivity contribution in [3.8, 4) is 11.5 Å². The number of nitrogen functional groups attached to an aromatic ring is 1. The summed E-state index contributed by atoms with van der Waals surface area (Å²) in [4.78, 5) is 13.4. The first-order valence-corrected chi connectivity index (χ1v) is 6.20. The number of ether oxygens (including phenoxy) is 2. The number of nitrogens with zero attached hydrogens (tertiary/aromatic N) is 1. The van der Waals surface area contributed by atoms with Crippen LogP contribution in [-0.4, -0.2) is 30.6 Å². The highest BCUT2D eigenvalue weighted by Gasteiger charge is 2.22. The van der Waals surface area contributed by atoms with Gasteiger partial charge >= 0.3 is 0 Å². The third kappa shape index (κ3) is 1.96. The van der Waals surface area contributed by atoms with Gasteiger partial charge in [0.1, 0.15) is 13.2 Å². The Balaban J connectivity index is 1.85. The molecule has 3 rings (SSSR count). The molecule has 2 heterocycles. The summed E-state index contributed by atoms with van der Waals surface area (Å²) < 4.78 is 11.0. The van der Waals surface area contributed by atoms with Gasteiger partial charge in [-0.1, -0.05) is 0 Å². The predicted molar refractivity (Wildman–Crippen MR) is 66.5 cm³/mol. The Hall–Kier alpha value is -1.91. The molecule has 5 nitrogen and oxygen atoms in total. The fourth-order valence-electron chi connectivity index (χ4n) is 2.36. The average Bonchev–Trinajstić information content (AvgIpc) is 2.76. The molecule has 1 aromatic carbocycles. The SMILES string of the molecule is Nc1cc2c(cc1CN1CCCC1=O)OCCO2. The maximum atomic E-state index is 11.6. The number of nitrogens with two attached hydrogens (primary N) is 1. The fraction of sp³-hybridized carbons (Fsp3) is 0.462. The summed E-state index contributed by atoms with van der Waals surface area (Å²) >= 11 is 0. The lowest BCUT2D eigenvalue weighted by Crippen LogP contribution is -2.24. The van der Waals surface area contributed by atoms with Crippen molar-refractivity contribution >= 4 is 11.6 Å². The van der Waals surface area contributed by atoms with Gasteiger partial charge in [0.05, 0.1) is 0 Å². The predicted octanol–water partition coefficient (Wildman–Crippen LogP) is 1.16.